The van der Waals surface area contributed by atoms with Gasteiger partial charge in [-0.2, -0.15) is 0 Å². The van der Waals surface area contributed by atoms with Crippen LogP contribution < -0.4 is 0 Å². The van der Waals surface area contributed by atoms with Gasteiger partial charge in [0, 0.05) is 40.1 Å². The highest BCUT2D eigenvalue weighted by atomic mass is 16.5. The summed E-state index contributed by atoms with van der Waals surface area (Å²) in [6, 6.07) is 3.52. The lowest BCUT2D eigenvalue weighted by Crippen LogP contribution is -2.31. The summed E-state index contributed by atoms with van der Waals surface area (Å²) in [5.74, 6) is -1.01. The van der Waals surface area contributed by atoms with Gasteiger partial charge >= 0.3 is 5.97 Å². The maximum atomic E-state index is 11.1. The lowest BCUT2D eigenvalue weighted by molar-refractivity contribution is 0.0686. The Hall–Kier alpha value is -1.50. The highest BCUT2D eigenvalue weighted by molar-refractivity contribution is 5.86. The van der Waals surface area contributed by atoms with Gasteiger partial charge in [0.15, 0.2) is 5.69 Å². The lowest BCUT2D eigenvalue weighted by Gasteiger charge is -2.22. The summed E-state index contributed by atoms with van der Waals surface area (Å²) in [7, 11) is 3.28. The molecule has 0 bridgehead atoms. The zero-order chi connectivity index (χ0) is 14.1. The summed E-state index contributed by atoms with van der Waals surface area (Å²) in [6.45, 7) is 3.13. The molecule has 6 heteroatoms. The Morgan fingerprint density at radius 3 is 2.47 bits per heavy atom. The third kappa shape index (κ3) is 5.34. The standard InChI is InChI=1S/C13H20N2O4/c1-18-8-6-15(7-9-19-2)10-11-4-3-5-14-12(11)13(16)17/h3-5H,6-10H2,1-2H3,(H,16,17). The number of hydrogen-bond donors (Lipinski definition) is 1. The molecule has 0 saturated heterocycles. The van der Waals surface area contributed by atoms with Crippen molar-refractivity contribution in [3.8, 4) is 0 Å². The predicted molar refractivity (Wildman–Crippen MR) is 70.2 cm³/mol. The minimum atomic E-state index is -1.01. The van der Waals surface area contributed by atoms with Crippen LogP contribution in [0.15, 0.2) is 18.3 Å². The number of carboxylic acid groups (broad SMARTS) is 1. The molecule has 1 heterocycles. The Morgan fingerprint density at radius 1 is 1.32 bits per heavy atom. The van der Waals surface area contributed by atoms with E-state index in [0.717, 1.165) is 0 Å². The van der Waals surface area contributed by atoms with Gasteiger partial charge in [-0.1, -0.05) is 6.07 Å². The second-order valence-electron chi connectivity index (χ2n) is 4.08. The third-order valence-electron chi connectivity index (χ3n) is 2.71. The van der Waals surface area contributed by atoms with Gasteiger partial charge in [0.25, 0.3) is 0 Å². The van der Waals surface area contributed by atoms with Crippen molar-refractivity contribution in [1.29, 1.82) is 0 Å². The average Bonchev–Trinajstić information content (AvgIpc) is 2.42. The van der Waals surface area contributed by atoms with E-state index in [-0.39, 0.29) is 5.69 Å². The van der Waals surface area contributed by atoms with Crippen LogP contribution in [0.25, 0.3) is 0 Å². The number of methoxy groups -OCH3 is 2. The average molecular weight is 268 g/mol. The molecule has 0 saturated carbocycles. The number of carboxylic acids is 1. The molecular weight excluding hydrogens is 248 g/mol. The van der Waals surface area contributed by atoms with Gasteiger partial charge in [0.05, 0.1) is 13.2 Å². The summed E-state index contributed by atoms with van der Waals surface area (Å²) in [5, 5.41) is 9.10. The fourth-order valence-electron chi connectivity index (χ4n) is 1.71. The first-order valence-corrected chi connectivity index (χ1v) is 6.06. The minimum Gasteiger partial charge on any atom is -0.477 e. The molecule has 0 spiro atoms. The molecule has 6 nitrogen and oxygen atoms in total. The smallest absolute Gasteiger partial charge is 0.354 e. The number of aromatic carboxylic acids is 1. The van der Waals surface area contributed by atoms with E-state index in [2.05, 4.69) is 9.88 Å². The Balaban J connectivity index is 2.74. The van der Waals surface area contributed by atoms with Gasteiger partial charge in [0.2, 0.25) is 0 Å². The Morgan fingerprint density at radius 2 is 1.95 bits per heavy atom. The van der Waals surface area contributed by atoms with Crippen molar-refractivity contribution >= 4 is 5.97 Å². The zero-order valence-corrected chi connectivity index (χ0v) is 11.3. The van der Waals surface area contributed by atoms with E-state index in [9.17, 15) is 4.79 Å². The molecule has 1 N–H and O–H groups in total. The molecule has 0 amide bonds. The van der Waals surface area contributed by atoms with Crippen molar-refractivity contribution in [2.24, 2.45) is 0 Å². The number of ether oxygens (including phenoxy) is 2. The van der Waals surface area contributed by atoms with Crippen LogP contribution in [0.3, 0.4) is 0 Å². The highest BCUT2D eigenvalue weighted by Gasteiger charge is 2.14. The van der Waals surface area contributed by atoms with Crippen LogP contribution in [0.5, 0.6) is 0 Å². The van der Waals surface area contributed by atoms with Crippen LogP contribution in [0.1, 0.15) is 16.1 Å². The number of hydrogen-bond acceptors (Lipinski definition) is 5. The Labute approximate surface area is 113 Å². The first-order chi connectivity index (χ1) is 9.19. The van der Waals surface area contributed by atoms with Crippen molar-refractivity contribution in [2.75, 3.05) is 40.5 Å². The zero-order valence-electron chi connectivity index (χ0n) is 11.3. The molecule has 1 rings (SSSR count). The number of rotatable bonds is 9. The fourth-order valence-corrected chi connectivity index (χ4v) is 1.71. The van der Waals surface area contributed by atoms with E-state index < -0.39 is 5.97 Å². The normalized spacial score (nSPS) is 10.9. The van der Waals surface area contributed by atoms with Crippen molar-refractivity contribution in [3.05, 3.63) is 29.6 Å². The van der Waals surface area contributed by atoms with Crippen LogP contribution >= 0.6 is 0 Å². The summed E-state index contributed by atoms with van der Waals surface area (Å²) < 4.78 is 10.1. The summed E-state index contributed by atoms with van der Waals surface area (Å²) in [6.07, 6.45) is 1.49. The lowest BCUT2D eigenvalue weighted by atomic mass is 10.2. The molecule has 0 aliphatic carbocycles. The maximum Gasteiger partial charge on any atom is 0.354 e. The van der Waals surface area contributed by atoms with Crippen LogP contribution in [0.2, 0.25) is 0 Å². The molecule has 19 heavy (non-hydrogen) atoms. The largest absolute Gasteiger partial charge is 0.477 e. The quantitative estimate of drug-likeness (QED) is 0.716. The molecule has 0 aromatic carbocycles. The Bertz CT molecular complexity index is 390. The van der Waals surface area contributed by atoms with Crippen LogP contribution in [0.4, 0.5) is 0 Å². The highest BCUT2D eigenvalue weighted by Crippen LogP contribution is 2.09. The third-order valence-corrected chi connectivity index (χ3v) is 2.71. The van der Waals surface area contributed by atoms with Gasteiger partial charge in [0.1, 0.15) is 0 Å². The van der Waals surface area contributed by atoms with Crippen LogP contribution in [-0.2, 0) is 16.0 Å². The molecule has 0 aliphatic heterocycles. The van der Waals surface area contributed by atoms with E-state index in [0.29, 0.717) is 38.4 Å². The topological polar surface area (TPSA) is 71.9 Å². The van der Waals surface area contributed by atoms with Gasteiger partial charge < -0.3 is 14.6 Å². The maximum absolute atomic E-state index is 11.1. The van der Waals surface area contributed by atoms with Gasteiger partial charge in [-0.05, 0) is 11.6 Å². The SMILES string of the molecule is COCCN(CCOC)Cc1cccnc1C(=O)O. The summed E-state index contributed by atoms with van der Waals surface area (Å²) >= 11 is 0. The van der Waals surface area contributed by atoms with Crippen molar-refractivity contribution in [2.45, 2.75) is 6.54 Å². The number of carbonyl (C=O) groups is 1. The monoisotopic (exact) mass is 268 g/mol. The molecule has 0 unspecified atom stereocenters. The van der Waals surface area contributed by atoms with E-state index >= 15 is 0 Å². The van der Waals surface area contributed by atoms with Crippen molar-refractivity contribution in [1.82, 2.24) is 9.88 Å². The molecule has 0 fully saturated rings. The summed E-state index contributed by atoms with van der Waals surface area (Å²) in [4.78, 5) is 17.1. The predicted octanol–water partition coefficient (Wildman–Crippen LogP) is 0.875. The van der Waals surface area contributed by atoms with E-state index in [1.165, 1.54) is 6.20 Å². The molecule has 0 atom stereocenters. The fraction of sp³-hybridized carbons (Fsp3) is 0.538. The summed E-state index contributed by atoms with van der Waals surface area (Å²) in [5.41, 5.74) is 0.796. The van der Waals surface area contributed by atoms with Crippen molar-refractivity contribution < 1.29 is 19.4 Å². The van der Waals surface area contributed by atoms with Gasteiger partial charge in [-0.25, -0.2) is 9.78 Å². The Kier molecular flexibility index (Phi) is 7.02. The molecule has 1 aromatic rings. The first-order valence-electron chi connectivity index (χ1n) is 6.06. The second kappa shape index (κ2) is 8.58. The van der Waals surface area contributed by atoms with Crippen molar-refractivity contribution in [3.63, 3.8) is 0 Å². The molecule has 106 valence electrons. The number of pyridine rings is 1. The number of nitrogens with zero attached hydrogens (tertiary/aromatic N) is 2. The van der Waals surface area contributed by atoms with Gasteiger partial charge in [-0.3, -0.25) is 4.90 Å². The van der Waals surface area contributed by atoms with Gasteiger partial charge in [-0.15, -0.1) is 0 Å². The van der Waals surface area contributed by atoms with Crippen LogP contribution in [0, 0.1) is 0 Å². The minimum absolute atomic E-state index is 0.0994. The van der Waals surface area contributed by atoms with E-state index in [1.54, 1.807) is 26.4 Å². The molecule has 0 aliphatic rings. The molecule has 1 aromatic heterocycles. The first kappa shape index (κ1) is 15.6. The van der Waals surface area contributed by atoms with E-state index in [4.69, 9.17) is 14.6 Å². The van der Waals surface area contributed by atoms with Crippen LogP contribution in [-0.4, -0.2) is 61.5 Å². The second-order valence-corrected chi connectivity index (χ2v) is 4.08. The molecular formula is C13H20N2O4. The molecule has 0 radical (unpaired) electrons. The van der Waals surface area contributed by atoms with E-state index in [1.807, 2.05) is 0 Å². The number of aromatic nitrogens is 1.